The summed E-state index contributed by atoms with van der Waals surface area (Å²) in [6.45, 7) is 1.57. The summed E-state index contributed by atoms with van der Waals surface area (Å²) >= 11 is 0. The van der Waals surface area contributed by atoms with E-state index in [9.17, 15) is 9.59 Å². The number of likely N-dealkylation sites (tertiary alicyclic amines) is 1. The Kier molecular flexibility index (Phi) is 2.62. The molecular weight excluding hydrogens is 204 g/mol. The molecule has 2 bridgehead atoms. The molecule has 4 heteroatoms. The third kappa shape index (κ3) is 1.48. The summed E-state index contributed by atoms with van der Waals surface area (Å²) in [5, 5.41) is 0. The van der Waals surface area contributed by atoms with Crippen molar-refractivity contribution in [2.24, 2.45) is 5.92 Å². The van der Waals surface area contributed by atoms with Gasteiger partial charge in [0.2, 0.25) is 0 Å². The van der Waals surface area contributed by atoms with Crippen molar-refractivity contribution in [1.82, 2.24) is 9.80 Å². The van der Waals surface area contributed by atoms with E-state index >= 15 is 0 Å². The average Bonchev–Trinajstić information content (AvgIpc) is 2.63. The Morgan fingerprint density at radius 3 is 2.62 bits per heavy atom. The number of rotatable bonds is 2. The highest BCUT2D eigenvalue weighted by molar-refractivity contribution is 6.05. The maximum Gasteiger partial charge on any atom is 0.167 e. The predicted molar refractivity (Wildman–Crippen MR) is 60.9 cm³/mol. The molecule has 1 unspecified atom stereocenters. The molecule has 0 aromatic rings. The van der Waals surface area contributed by atoms with Crippen LogP contribution >= 0.6 is 0 Å². The van der Waals surface area contributed by atoms with Crippen LogP contribution in [-0.4, -0.2) is 54.6 Å². The van der Waals surface area contributed by atoms with Crippen LogP contribution in [0.3, 0.4) is 0 Å². The SMILES string of the molecule is CC(=O)C1[C@@H]2C[C@@H](/C(=C\N(C)C)C2=O)N1C. The number of carbonyl (C=O) groups is 2. The fourth-order valence-corrected chi connectivity index (χ4v) is 2.99. The standard InChI is InChI=1S/C12H18N2O2/c1-7(15)11-8-5-10(14(11)4)9(12(8)16)6-13(2)3/h6,8,10-11H,5H2,1-4H3/b9-6+/t8-,10-,11?/m0/s1. The van der Waals surface area contributed by atoms with Crippen molar-refractivity contribution in [2.45, 2.75) is 25.4 Å². The Hall–Kier alpha value is -1.16. The molecule has 1 saturated carbocycles. The first-order chi connectivity index (χ1) is 7.43. The number of fused-ring (bicyclic) bond motifs is 2. The van der Waals surface area contributed by atoms with Gasteiger partial charge in [0.05, 0.1) is 6.04 Å². The van der Waals surface area contributed by atoms with E-state index in [-0.39, 0.29) is 29.6 Å². The first-order valence-electron chi connectivity index (χ1n) is 5.58. The highest BCUT2D eigenvalue weighted by Crippen LogP contribution is 2.42. The van der Waals surface area contributed by atoms with E-state index in [1.807, 2.05) is 37.1 Å². The number of likely N-dealkylation sites (N-methyl/N-ethyl adjacent to an activating group) is 1. The van der Waals surface area contributed by atoms with Gasteiger partial charge in [-0.1, -0.05) is 0 Å². The minimum Gasteiger partial charge on any atom is -0.383 e. The minimum absolute atomic E-state index is 0.104. The quantitative estimate of drug-likeness (QED) is 0.630. The summed E-state index contributed by atoms with van der Waals surface area (Å²) in [6, 6.07) is -0.0642. The van der Waals surface area contributed by atoms with Crippen molar-refractivity contribution in [3.05, 3.63) is 11.8 Å². The zero-order valence-electron chi connectivity index (χ0n) is 10.2. The van der Waals surface area contributed by atoms with Gasteiger partial charge >= 0.3 is 0 Å². The van der Waals surface area contributed by atoms with Crippen LogP contribution in [0.15, 0.2) is 11.8 Å². The first-order valence-corrected chi connectivity index (χ1v) is 5.58. The van der Waals surface area contributed by atoms with Crippen LogP contribution in [0.1, 0.15) is 13.3 Å². The van der Waals surface area contributed by atoms with E-state index in [1.54, 1.807) is 6.92 Å². The molecule has 3 atom stereocenters. The molecule has 4 nitrogen and oxygen atoms in total. The molecule has 2 aliphatic rings. The van der Waals surface area contributed by atoms with Crippen LogP contribution < -0.4 is 0 Å². The number of carbonyl (C=O) groups excluding carboxylic acids is 2. The van der Waals surface area contributed by atoms with E-state index in [0.29, 0.717) is 0 Å². The van der Waals surface area contributed by atoms with Gasteiger partial charge in [0.1, 0.15) is 5.78 Å². The van der Waals surface area contributed by atoms with Gasteiger partial charge in [0, 0.05) is 37.8 Å². The molecule has 0 aromatic carbocycles. The normalized spacial score (nSPS) is 36.1. The lowest BCUT2D eigenvalue weighted by atomic mass is 9.93. The van der Waals surface area contributed by atoms with Gasteiger partial charge in [-0.05, 0) is 20.4 Å². The molecular formula is C12H18N2O2. The highest BCUT2D eigenvalue weighted by Gasteiger charge is 2.54. The second kappa shape index (κ2) is 3.70. The summed E-state index contributed by atoms with van der Waals surface area (Å²) in [7, 11) is 5.76. The van der Waals surface area contributed by atoms with Crippen molar-refractivity contribution in [3.8, 4) is 0 Å². The van der Waals surface area contributed by atoms with Crippen LogP contribution in [0, 0.1) is 5.92 Å². The molecule has 0 amide bonds. The number of hydrogen-bond donors (Lipinski definition) is 0. The molecule has 1 heterocycles. The monoisotopic (exact) mass is 222 g/mol. The summed E-state index contributed by atoms with van der Waals surface area (Å²) in [5.74, 6) is 0.156. The summed E-state index contributed by atoms with van der Waals surface area (Å²) < 4.78 is 0. The lowest BCUT2D eigenvalue weighted by Crippen LogP contribution is -2.47. The van der Waals surface area contributed by atoms with Crippen molar-refractivity contribution in [2.75, 3.05) is 21.1 Å². The summed E-state index contributed by atoms with van der Waals surface area (Å²) in [5.41, 5.74) is 0.856. The predicted octanol–water partition coefficient (Wildman–Crippen LogP) is 0.292. The Morgan fingerprint density at radius 2 is 2.12 bits per heavy atom. The molecule has 0 N–H and O–H groups in total. The number of piperidine rings is 1. The fourth-order valence-electron chi connectivity index (χ4n) is 2.99. The van der Waals surface area contributed by atoms with Gasteiger partial charge in [-0.2, -0.15) is 0 Å². The topological polar surface area (TPSA) is 40.6 Å². The Balaban J connectivity index is 2.31. The van der Waals surface area contributed by atoms with Crippen molar-refractivity contribution in [1.29, 1.82) is 0 Å². The highest BCUT2D eigenvalue weighted by atomic mass is 16.1. The van der Waals surface area contributed by atoms with Gasteiger partial charge in [0.15, 0.2) is 5.78 Å². The number of Topliss-reactive ketones (excluding diaryl/α,β-unsaturated/α-hetero) is 2. The second-order valence-corrected chi connectivity index (χ2v) is 4.99. The van der Waals surface area contributed by atoms with Gasteiger partial charge in [-0.3, -0.25) is 14.5 Å². The maximum absolute atomic E-state index is 12.1. The number of hydrogen-bond acceptors (Lipinski definition) is 4. The van der Waals surface area contributed by atoms with Crippen LogP contribution in [0.25, 0.3) is 0 Å². The molecule has 1 aliphatic carbocycles. The lowest BCUT2D eigenvalue weighted by Gasteiger charge is -2.31. The molecule has 0 radical (unpaired) electrons. The minimum atomic E-state index is -0.197. The summed E-state index contributed by atoms with van der Waals surface area (Å²) in [6.07, 6.45) is 2.69. The third-order valence-electron chi connectivity index (χ3n) is 3.58. The van der Waals surface area contributed by atoms with Gasteiger partial charge in [0.25, 0.3) is 0 Å². The van der Waals surface area contributed by atoms with Gasteiger partial charge in [-0.15, -0.1) is 0 Å². The van der Waals surface area contributed by atoms with Crippen LogP contribution in [0.5, 0.6) is 0 Å². The first kappa shape index (κ1) is 11.3. The van der Waals surface area contributed by atoms with Crippen molar-refractivity contribution < 1.29 is 9.59 Å². The Labute approximate surface area is 95.9 Å². The molecule has 88 valence electrons. The summed E-state index contributed by atoms with van der Waals surface area (Å²) in [4.78, 5) is 27.5. The molecule has 2 fully saturated rings. The lowest BCUT2D eigenvalue weighted by molar-refractivity contribution is -0.129. The van der Waals surface area contributed by atoms with E-state index in [2.05, 4.69) is 0 Å². The van der Waals surface area contributed by atoms with Crippen LogP contribution in [0.2, 0.25) is 0 Å². The van der Waals surface area contributed by atoms with Crippen LogP contribution in [0.4, 0.5) is 0 Å². The second-order valence-electron chi connectivity index (χ2n) is 4.99. The molecule has 1 aliphatic heterocycles. The smallest absolute Gasteiger partial charge is 0.167 e. The van der Waals surface area contributed by atoms with E-state index in [4.69, 9.17) is 0 Å². The molecule has 0 spiro atoms. The maximum atomic E-state index is 12.1. The number of ketones is 2. The van der Waals surface area contributed by atoms with Gasteiger partial charge < -0.3 is 4.90 Å². The van der Waals surface area contributed by atoms with Gasteiger partial charge in [-0.25, -0.2) is 0 Å². The fraction of sp³-hybridized carbons (Fsp3) is 0.667. The Morgan fingerprint density at radius 1 is 1.50 bits per heavy atom. The Bertz CT molecular complexity index is 373. The zero-order chi connectivity index (χ0) is 12.0. The molecule has 0 aromatic heterocycles. The molecule has 2 rings (SSSR count). The number of nitrogens with zero attached hydrogens (tertiary/aromatic N) is 2. The average molecular weight is 222 g/mol. The largest absolute Gasteiger partial charge is 0.383 e. The van der Waals surface area contributed by atoms with Crippen molar-refractivity contribution in [3.63, 3.8) is 0 Å². The van der Waals surface area contributed by atoms with E-state index < -0.39 is 0 Å². The van der Waals surface area contributed by atoms with Crippen molar-refractivity contribution >= 4 is 11.6 Å². The van der Waals surface area contributed by atoms with E-state index in [1.165, 1.54) is 0 Å². The zero-order valence-corrected chi connectivity index (χ0v) is 10.2. The molecule has 16 heavy (non-hydrogen) atoms. The van der Waals surface area contributed by atoms with Crippen LogP contribution in [-0.2, 0) is 9.59 Å². The molecule has 1 saturated heterocycles. The van der Waals surface area contributed by atoms with E-state index in [0.717, 1.165) is 12.0 Å². The third-order valence-corrected chi connectivity index (χ3v) is 3.58.